The van der Waals surface area contributed by atoms with Gasteiger partial charge in [-0.3, -0.25) is 4.98 Å². The summed E-state index contributed by atoms with van der Waals surface area (Å²) in [5.74, 6) is 0. The molecule has 0 saturated heterocycles. The highest BCUT2D eigenvalue weighted by atomic mass is 79.9. The summed E-state index contributed by atoms with van der Waals surface area (Å²) < 4.78 is 0. The van der Waals surface area contributed by atoms with Gasteiger partial charge in [-0.25, -0.2) is 0 Å². The van der Waals surface area contributed by atoms with Crippen molar-refractivity contribution in [2.24, 2.45) is 0 Å². The second-order valence-electron chi connectivity index (χ2n) is 6.33. The number of rotatable bonds is 5. The van der Waals surface area contributed by atoms with E-state index in [0.717, 1.165) is 6.16 Å². The van der Waals surface area contributed by atoms with Crippen molar-refractivity contribution >= 4 is 23.2 Å². The molecule has 3 heteroatoms. The van der Waals surface area contributed by atoms with Gasteiger partial charge >= 0.3 is 0 Å². The minimum Gasteiger partial charge on any atom is -1.00 e. The second-order valence-corrected chi connectivity index (χ2v) is 9.81. The summed E-state index contributed by atoms with van der Waals surface area (Å²) in [7, 11) is -1.82. The smallest absolute Gasteiger partial charge is 0.116 e. The third kappa shape index (κ3) is 4.03. The maximum absolute atomic E-state index is 4.27. The van der Waals surface area contributed by atoms with E-state index in [1.54, 1.807) is 0 Å². The Labute approximate surface area is 172 Å². The third-order valence-electron chi connectivity index (χ3n) is 4.76. The van der Waals surface area contributed by atoms with E-state index < -0.39 is 7.26 Å². The van der Waals surface area contributed by atoms with Crippen LogP contribution in [-0.4, -0.2) is 4.98 Å². The molecule has 0 aliphatic heterocycles. The summed E-state index contributed by atoms with van der Waals surface area (Å²) in [6.07, 6.45) is 4.84. The molecule has 0 atom stereocenters. The van der Waals surface area contributed by atoms with Crippen LogP contribution >= 0.6 is 7.26 Å². The van der Waals surface area contributed by atoms with Crippen molar-refractivity contribution in [2.75, 3.05) is 0 Å². The fourth-order valence-corrected chi connectivity index (χ4v) is 7.75. The van der Waals surface area contributed by atoms with E-state index in [1.165, 1.54) is 21.5 Å². The van der Waals surface area contributed by atoms with E-state index in [4.69, 9.17) is 0 Å². The van der Waals surface area contributed by atoms with Gasteiger partial charge in [0.25, 0.3) is 0 Å². The third-order valence-corrected chi connectivity index (χ3v) is 9.14. The number of pyridine rings is 1. The summed E-state index contributed by atoms with van der Waals surface area (Å²) >= 11 is 0. The molecule has 134 valence electrons. The number of nitrogens with zero attached hydrogens (tertiary/aromatic N) is 1. The number of aromatic nitrogens is 1. The minimum atomic E-state index is -1.82. The van der Waals surface area contributed by atoms with Crippen molar-refractivity contribution < 1.29 is 17.0 Å². The summed E-state index contributed by atoms with van der Waals surface area (Å²) in [5.41, 5.74) is 1.37. The Morgan fingerprint density at radius 3 is 1.41 bits per heavy atom. The zero-order valence-electron chi connectivity index (χ0n) is 14.9. The molecule has 1 heterocycles. The Bertz CT molecular complexity index is 848. The fraction of sp³-hybridized carbons (Fsp3) is 0.0417. The van der Waals surface area contributed by atoms with Crippen LogP contribution in [0.3, 0.4) is 0 Å². The molecule has 0 radical (unpaired) electrons. The number of hydrogen-bond donors (Lipinski definition) is 0. The van der Waals surface area contributed by atoms with Crippen molar-refractivity contribution in [3.63, 3.8) is 0 Å². The molecule has 1 nitrogen and oxygen atoms in total. The zero-order valence-corrected chi connectivity index (χ0v) is 17.4. The van der Waals surface area contributed by atoms with Crippen molar-refractivity contribution in [1.29, 1.82) is 0 Å². The molecule has 0 aliphatic rings. The predicted octanol–water partition coefficient (Wildman–Crippen LogP) is 1.58. The highest BCUT2D eigenvalue weighted by Gasteiger charge is 2.45. The molecule has 1 aromatic heterocycles. The first-order valence-electron chi connectivity index (χ1n) is 8.83. The molecule has 4 rings (SSSR count). The van der Waals surface area contributed by atoms with E-state index in [-0.39, 0.29) is 17.0 Å². The lowest BCUT2D eigenvalue weighted by molar-refractivity contribution is -0.00000510. The van der Waals surface area contributed by atoms with Crippen LogP contribution in [0.4, 0.5) is 0 Å². The predicted molar refractivity (Wildman–Crippen MR) is 113 cm³/mol. The van der Waals surface area contributed by atoms with Gasteiger partial charge in [0, 0.05) is 12.4 Å². The fourth-order valence-electron chi connectivity index (χ4n) is 3.54. The second kappa shape index (κ2) is 9.08. The molecule has 0 aliphatic carbocycles. The van der Waals surface area contributed by atoms with Gasteiger partial charge < -0.3 is 17.0 Å². The molecule has 0 fully saturated rings. The lowest BCUT2D eigenvalue weighted by Gasteiger charge is -2.27. The van der Waals surface area contributed by atoms with E-state index >= 15 is 0 Å². The average molecular weight is 434 g/mol. The Balaban J connectivity index is 0.00000210. The van der Waals surface area contributed by atoms with Gasteiger partial charge in [0.1, 0.15) is 23.2 Å². The van der Waals surface area contributed by atoms with E-state index in [1.807, 2.05) is 12.4 Å². The molecule has 0 bridgehead atoms. The van der Waals surface area contributed by atoms with Crippen LogP contribution in [0.2, 0.25) is 0 Å². The summed E-state index contributed by atoms with van der Waals surface area (Å²) in [6, 6.07) is 37.1. The van der Waals surface area contributed by atoms with Gasteiger partial charge in [0.2, 0.25) is 0 Å². The first-order valence-corrected chi connectivity index (χ1v) is 10.8. The van der Waals surface area contributed by atoms with Crippen LogP contribution in [-0.2, 0) is 6.16 Å². The molecule has 0 unspecified atom stereocenters. The summed E-state index contributed by atoms with van der Waals surface area (Å²) in [4.78, 5) is 4.27. The molecule has 0 N–H and O–H groups in total. The maximum Gasteiger partial charge on any atom is 0.116 e. The van der Waals surface area contributed by atoms with Gasteiger partial charge in [-0.1, -0.05) is 66.7 Å². The van der Waals surface area contributed by atoms with Crippen molar-refractivity contribution in [1.82, 2.24) is 4.98 Å². The lowest BCUT2D eigenvalue weighted by Crippen LogP contribution is -3.00. The molecule has 0 saturated carbocycles. The average Bonchev–Trinajstić information content (AvgIpc) is 2.75. The molecule has 0 spiro atoms. The van der Waals surface area contributed by atoms with E-state index in [0.29, 0.717) is 0 Å². The number of hydrogen-bond acceptors (Lipinski definition) is 1. The van der Waals surface area contributed by atoms with Gasteiger partial charge in [-0.05, 0) is 42.0 Å². The highest BCUT2D eigenvalue weighted by Crippen LogP contribution is 2.57. The topological polar surface area (TPSA) is 12.9 Å². The Morgan fingerprint density at radius 1 is 0.519 bits per heavy atom. The Kier molecular flexibility index (Phi) is 6.55. The zero-order chi connectivity index (χ0) is 17.7. The van der Waals surface area contributed by atoms with Gasteiger partial charge in [-0.2, -0.15) is 0 Å². The highest BCUT2D eigenvalue weighted by molar-refractivity contribution is 7.95. The van der Waals surface area contributed by atoms with Crippen LogP contribution in [0.1, 0.15) is 5.56 Å². The lowest BCUT2D eigenvalue weighted by atomic mass is 10.2. The number of benzene rings is 3. The van der Waals surface area contributed by atoms with Crippen LogP contribution in [0, 0.1) is 0 Å². The number of halogens is 1. The first-order chi connectivity index (χ1) is 12.9. The Morgan fingerprint density at radius 2 is 0.926 bits per heavy atom. The maximum atomic E-state index is 4.27. The molecular formula is C24H21BrNP. The quantitative estimate of drug-likeness (QED) is 0.435. The summed E-state index contributed by atoms with van der Waals surface area (Å²) in [6.45, 7) is 0. The summed E-state index contributed by atoms with van der Waals surface area (Å²) in [5, 5.41) is 4.18. The van der Waals surface area contributed by atoms with Crippen molar-refractivity contribution in [2.45, 2.75) is 6.16 Å². The van der Waals surface area contributed by atoms with Gasteiger partial charge in [0.15, 0.2) is 0 Å². The van der Waals surface area contributed by atoms with Crippen LogP contribution in [0.15, 0.2) is 116 Å². The minimum absolute atomic E-state index is 0. The van der Waals surface area contributed by atoms with Crippen molar-refractivity contribution in [3.05, 3.63) is 121 Å². The SMILES string of the molecule is [Br-].c1ccc(C[P+](c2ccccc2)(c2ccccc2)c2ccncc2)cc1. The standard InChI is InChI=1S/C24H21NP.BrH/c1-4-10-21(11-5-1)20-26(22-12-6-2-7-13-22,23-14-8-3-9-15-23)24-16-18-25-19-17-24;/h1-19H,20H2;1H/q+1;/p-1. The Hall–Kier alpha value is -2.28. The van der Waals surface area contributed by atoms with Crippen LogP contribution in [0.5, 0.6) is 0 Å². The normalized spacial score (nSPS) is 10.8. The molecule has 4 aromatic rings. The van der Waals surface area contributed by atoms with E-state index in [9.17, 15) is 0 Å². The van der Waals surface area contributed by atoms with E-state index in [2.05, 4.69) is 108 Å². The molecular weight excluding hydrogens is 413 g/mol. The first kappa shape index (κ1) is 19.5. The van der Waals surface area contributed by atoms with Gasteiger partial charge in [-0.15, -0.1) is 0 Å². The van der Waals surface area contributed by atoms with Crippen molar-refractivity contribution in [3.8, 4) is 0 Å². The van der Waals surface area contributed by atoms with Crippen LogP contribution in [0.25, 0.3) is 0 Å². The van der Waals surface area contributed by atoms with Crippen LogP contribution < -0.4 is 32.9 Å². The molecule has 3 aromatic carbocycles. The largest absolute Gasteiger partial charge is 1.00 e. The molecule has 0 amide bonds. The monoisotopic (exact) mass is 433 g/mol. The van der Waals surface area contributed by atoms with Gasteiger partial charge in [0.05, 0.1) is 6.16 Å². The molecule has 27 heavy (non-hydrogen) atoms.